The van der Waals surface area contributed by atoms with Gasteiger partial charge in [0.2, 0.25) is 0 Å². The molecule has 5 nitrogen and oxygen atoms in total. The molecule has 0 amide bonds. The van der Waals surface area contributed by atoms with Crippen molar-refractivity contribution in [3.63, 3.8) is 0 Å². The maximum atomic E-state index is 5.53. The van der Waals surface area contributed by atoms with E-state index in [0.29, 0.717) is 11.6 Å². The summed E-state index contributed by atoms with van der Waals surface area (Å²) in [5, 5.41) is 3.19. The highest BCUT2D eigenvalue weighted by Gasteiger charge is 2.19. The number of nitrogens with zero attached hydrogens (tertiary/aromatic N) is 2. The molecule has 0 bridgehead atoms. The quantitative estimate of drug-likeness (QED) is 0.915. The monoisotopic (exact) mass is 287 g/mol. The highest BCUT2D eigenvalue weighted by molar-refractivity contribution is 5.79. The number of aromatic nitrogens is 2. The summed E-state index contributed by atoms with van der Waals surface area (Å²) in [6.07, 6.45) is 1.54. The predicted octanol–water partition coefficient (Wildman–Crippen LogP) is 3.21. The zero-order chi connectivity index (χ0) is 15.4. The van der Waals surface area contributed by atoms with Gasteiger partial charge in [0.1, 0.15) is 17.8 Å². The first-order chi connectivity index (χ1) is 10.1. The van der Waals surface area contributed by atoms with Gasteiger partial charge < -0.3 is 14.8 Å². The van der Waals surface area contributed by atoms with E-state index in [0.717, 1.165) is 34.7 Å². The number of hydrogen-bond donors (Lipinski definition) is 1. The molecule has 1 aromatic carbocycles. The molecule has 0 unspecified atom stereocenters. The molecule has 0 saturated heterocycles. The van der Waals surface area contributed by atoms with Crippen molar-refractivity contribution in [2.45, 2.75) is 20.8 Å². The lowest BCUT2D eigenvalue weighted by Crippen LogP contribution is -2.05. The van der Waals surface area contributed by atoms with Crippen molar-refractivity contribution in [3.05, 3.63) is 29.6 Å². The van der Waals surface area contributed by atoms with Crippen LogP contribution in [-0.4, -0.2) is 30.7 Å². The van der Waals surface area contributed by atoms with Crippen molar-refractivity contribution >= 4 is 5.82 Å². The summed E-state index contributed by atoms with van der Waals surface area (Å²) in [6, 6.07) is 4.10. The van der Waals surface area contributed by atoms with Crippen LogP contribution in [0.25, 0.3) is 11.3 Å². The topological polar surface area (TPSA) is 56.3 Å². The molecule has 21 heavy (non-hydrogen) atoms. The molecule has 5 heteroatoms. The van der Waals surface area contributed by atoms with Crippen molar-refractivity contribution in [1.29, 1.82) is 0 Å². The van der Waals surface area contributed by atoms with Crippen molar-refractivity contribution in [1.82, 2.24) is 9.97 Å². The van der Waals surface area contributed by atoms with Gasteiger partial charge in [0.15, 0.2) is 11.6 Å². The van der Waals surface area contributed by atoms with E-state index in [2.05, 4.69) is 21.4 Å². The van der Waals surface area contributed by atoms with E-state index in [4.69, 9.17) is 9.47 Å². The lowest BCUT2D eigenvalue weighted by molar-refractivity contribution is 0.408. The Kier molecular flexibility index (Phi) is 4.62. The standard InChI is InChI=1S/C16H21N3O2/c1-6-17-16-15(21-5)14(18-9-19-16)13-11(3)7-10(2)8-12(13)20-4/h7-9H,6H2,1-5H3,(H,17,18,19). The fourth-order valence-electron chi connectivity index (χ4n) is 2.43. The van der Waals surface area contributed by atoms with Crippen LogP contribution in [0.5, 0.6) is 11.5 Å². The van der Waals surface area contributed by atoms with Crippen LogP contribution in [0.3, 0.4) is 0 Å². The Labute approximate surface area is 125 Å². The molecule has 2 rings (SSSR count). The van der Waals surface area contributed by atoms with Gasteiger partial charge in [-0.05, 0) is 38.0 Å². The van der Waals surface area contributed by atoms with Crippen molar-refractivity contribution in [2.24, 2.45) is 0 Å². The van der Waals surface area contributed by atoms with Crippen LogP contribution in [0.15, 0.2) is 18.5 Å². The van der Waals surface area contributed by atoms with Crippen LogP contribution in [0.4, 0.5) is 5.82 Å². The lowest BCUT2D eigenvalue weighted by Gasteiger charge is -2.16. The molecule has 1 heterocycles. The molecule has 0 aliphatic heterocycles. The van der Waals surface area contributed by atoms with E-state index in [-0.39, 0.29) is 0 Å². The van der Waals surface area contributed by atoms with E-state index >= 15 is 0 Å². The molecule has 0 radical (unpaired) electrons. The summed E-state index contributed by atoms with van der Waals surface area (Å²) < 4.78 is 11.0. The van der Waals surface area contributed by atoms with E-state index in [1.165, 1.54) is 6.33 Å². The van der Waals surface area contributed by atoms with Gasteiger partial charge in [-0.3, -0.25) is 0 Å². The Morgan fingerprint density at radius 3 is 2.48 bits per heavy atom. The van der Waals surface area contributed by atoms with E-state index < -0.39 is 0 Å². The Morgan fingerprint density at radius 2 is 1.86 bits per heavy atom. The number of ether oxygens (including phenoxy) is 2. The van der Waals surface area contributed by atoms with Gasteiger partial charge in [-0.2, -0.15) is 0 Å². The first-order valence-electron chi connectivity index (χ1n) is 6.90. The van der Waals surface area contributed by atoms with Gasteiger partial charge in [-0.25, -0.2) is 9.97 Å². The van der Waals surface area contributed by atoms with Crippen LogP contribution in [0.2, 0.25) is 0 Å². The molecule has 0 spiro atoms. The van der Waals surface area contributed by atoms with E-state index in [1.807, 2.05) is 26.8 Å². The largest absolute Gasteiger partial charge is 0.496 e. The molecule has 0 aliphatic rings. The second-order valence-electron chi connectivity index (χ2n) is 4.79. The number of methoxy groups -OCH3 is 2. The van der Waals surface area contributed by atoms with Crippen molar-refractivity contribution in [2.75, 3.05) is 26.1 Å². The van der Waals surface area contributed by atoms with E-state index in [9.17, 15) is 0 Å². The summed E-state index contributed by atoms with van der Waals surface area (Å²) >= 11 is 0. The third-order valence-corrected chi connectivity index (χ3v) is 3.25. The first kappa shape index (κ1) is 15.1. The molecule has 2 aromatic rings. The predicted molar refractivity (Wildman–Crippen MR) is 84.2 cm³/mol. The summed E-state index contributed by atoms with van der Waals surface area (Å²) in [5.41, 5.74) is 3.90. The van der Waals surface area contributed by atoms with Gasteiger partial charge in [-0.1, -0.05) is 6.07 Å². The Hall–Kier alpha value is -2.30. The summed E-state index contributed by atoms with van der Waals surface area (Å²) in [7, 11) is 3.29. The lowest BCUT2D eigenvalue weighted by atomic mass is 10.0. The van der Waals surface area contributed by atoms with Crippen LogP contribution in [-0.2, 0) is 0 Å². The Balaban J connectivity index is 2.69. The second-order valence-corrected chi connectivity index (χ2v) is 4.79. The van der Waals surface area contributed by atoms with Gasteiger partial charge in [0.25, 0.3) is 0 Å². The van der Waals surface area contributed by atoms with Crippen LogP contribution in [0, 0.1) is 13.8 Å². The fraction of sp³-hybridized carbons (Fsp3) is 0.375. The molecule has 0 fully saturated rings. The van der Waals surface area contributed by atoms with E-state index in [1.54, 1.807) is 14.2 Å². The average Bonchev–Trinajstić information content (AvgIpc) is 2.46. The number of anilines is 1. The Morgan fingerprint density at radius 1 is 1.10 bits per heavy atom. The SMILES string of the molecule is CCNc1ncnc(-c2c(C)cc(C)cc2OC)c1OC. The summed E-state index contributed by atoms with van der Waals surface area (Å²) in [5.74, 6) is 2.10. The molecular formula is C16H21N3O2. The van der Waals surface area contributed by atoms with Gasteiger partial charge in [-0.15, -0.1) is 0 Å². The number of hydrogen-bond acceptors (Lipinski definition) is 5. The van der Waals surface area contributed by atoms with Gasteiger partial charge in [0.05, 0.1) is 14.2 Å². The highest BCUT2D eigenvalue weighted by Crippen LogP contribution is 2.40. The van der Waals surface area contributed by atoms with Crippen LogP contribution in [0.1, 0.15) is 18.1 Å². The first-order valence-corrected chi connectivity index (χ1v) is 6.90. The minimum atomic E-state index is 0.629. The fourth-order valence-corrected chi connectivity index (χ4v) is 2.43. The molecule has 0 atom stereocenters. The van der Waals surface area contributed by atoms with Gasteiger partial charge >= 0.3 is 0 Å². The number of benzene rings is 1. The molecule has 0 saturated carbocycles. The number of aryl methyl sites for hydroxylation is 2. The molecule has 0 aliphatic carbocycles. The minimum Gasteiger partial charge on any atom is -0.496 e. The third-order valence-electron chi connectivity index (χ3n) is 3.25. The molecule has 1 N–H and O–H groups in total. The minimum absolute atomic E-state index is 0.629. The Bertz CT molecular complexity index is 642. The van der Waals surface area contributed by atoms with Gasteiger partial charge in [0, 0.05) is 12.1 Å². The molecule has 1 aromatic heterocycles. The zero-order valence-corrected chi connectivity index (χ0v) is 13.2. The number of nitrogens with one attached hydrogen (secondary N) is 1. The summed E-state index contributed by atoms with van der Waals surface area (Å²) in [6.45, 7) is 6.86. The maximum absolute atomic E-state index is 5.53. The average molecular weight is 287 g/mol. The maximum Gasteiger partial charge on any atom is 0.187 e. The molecule has 112 valence electrons. The second kappa shape index (κ2) is 6.43. The number of rotatable bonds is 5. The highest BCUT2D eigenvalue weighted by atomic mass is 16.5. The normalized spacial score (nSPS) is 10.3. The van der Waals surface area contributed by atoms with Crippen molar-refractivity contribution < 1.29 is 9.47 Å². The third kappa shape index (κ3) is 2.91. The smallest absolute Gasteiger partial charge is 0.187 e. The van der Waals surface area contributed by atoms with Crippen LogP contribution >= 0.6 is 0 Å². The van der Waals surface area contributed by atoms with Crippen LogP contribution < -0.4 is 14.8 Å². The molecular weight excluding hydrogens is 266 g/mol. The summed E-state index contributed by atoms with van der Waals surface area (Å²) in [4.78, 5) is 8.65. The zero-order valence-electron chi connectivity index (χ0n) is 13.2. The van der Waals surface area contributed by atoms with Crippen molar-refractivity contribution in [3.8, 4) is 22.8 Å².